The lowest BCUT2D eigenvalue weighted by molar-refractivity contribution is -0.136. The molecule has 3 unspecified atom stereocenters. The Kier molecular flexibility index (Phi) is 3.35. The molecule has 0 aromatic heterocycles. The first-order valence-electron chi connectivity index (χ1n) is 5.85. The number of carbonyl (C=O) groups is 1. The number of amides is 1. The van der Waals surface area contributed by atoms with Crippen LogP contribution in [0.5, 0.6) is 0 Å². The van der Waals surface area contributed by atoms with Crippen LogP contribution in [0.4, 0.5) is 8.78 Å². The number of fused-ring (bicyclic) bond motifs is 2. The quantitative estimate of drug-likeness (QED) is 0.754. The molecule has 0 aliphatic heterocycles. The second kappa shape index (κ2) is 4.41. The van der Waals surface area contributed by atoms with E-state index < -0.39 is 21.3 Å². The first-order valence-corrected chi connectivity index (χ1v) is 7.29. The Labute approximate surface area is 104 Å². The number of nitrogens with one attached hydrogen (secondary N) is 1. The average Bonchev–Trinajstić information content (AvgIpc) is 2.85. The molecule has 0 spiro atoms. The number of hydrogen-bond acceptors (Lipinski definition) is 3. The third kappa shape index (κ3) is 2.35. The van der Waals surface area contributed by atoms with Crippen LogP contribution < -0.4 is 5.32 Å². The molecule has 0 aromatic carbocycles. The van der Waals surface area contributed by atoms with Gasteiger partial charge < -0.3 is 5.32 Å². The van der Waals surface area contributed by atoms with Crippen molar-refractivity contribution in [2.24, 2.45) is 17.8 Å². The number of alkyl halides is 2. The second-order valence-corrected chi connectivity index (χ2v) is 6.60. The molecule has 18 heavy (non-hydrogen) atoms. The highest BCUT2D eigenvalue weighted by atomic mass is 32.2. The molecule has 2 saturated carbocycles. The van der Waals surface area contributed by atoms with Gasteiger partial charge in [-0.2, -0.15) is 17.2 Å². The van der Waals surface area contributed by atoms with Gasteiger partial charge in [0, 0.05) is 6.54 Å². The fourth-order valence-electron chi connectivity index (χ4n) is 3.07. The van der Waals surface area contributed by atoms with Gasteiger partial charge in [-0.1, -0.05) is 6.42 Å². The number of halogens is 2. The zero-order valence-corrected chi connectivity index (χ0v) is 10.4. The first kappa shape index (κ1) is 13.7. The third-order valence-corrected chi connectivity index (χ3v) is 4.83. The van der Waals surface area contributed by atoms with Crippen molar-refractivity contribution in [2.75, 3.05) is 6.54 Å². The van der Waals surface area contributed by atoms with Crippen molar-refractivity contribution in [1.29, 1.82) is 0 Å². The van der Waals surface area contributed by atoms with E-state index in [4.69, 9.17) is 4.55 Å². The van der Waals surface area contributed by atoms with E-state index >= 15 is 0 Å². The lowest BCUT2D eigenvalue weighted by Gasteiger charge is -2.22. The molecule has 5 nitrogen and oxygen atoms in total. The molecule has 2 bridgehead atoms. The summed E-state index contributed by atoms with van der Waals surface area (Å²) in [5, 5.41) is -2.85. The molecular weight excluding hydrogens is 268 g/mol. The summed E-state index contributed by atoms with van der Waals surface area (Å²) in [7, 11) is -5.70. The molecule has 0 aromatic rings. The average molecular weight is 283 g/mol. The van der Waals surface area contributed by atoms with Gasteiger partial charge in [-0.3, -0.25) is 9.35 Å². The van der Waals surface area contributed by atoms with E-state index in [-0.39, 0.29) is 12.5 Å². The van der Waals surface area contributed by atoms with E-state index in [9.17, 15) is 22.0 Å². The monoisotopic (exact) mass is 283 g/mol. The van der Waals surface area contributed by atoms with E-state index in [0.717, 1.165) is 25.7 Å². The summed E-state index contributed by atoms with van der Waals surface area (Å²) in [6, 6.07) is 0. The van der Waals surface area contributed by atoms with Crippen molar-refractivity contribution in [2.45, 2.75) is 30.9 Å². The fraction of sp³-hybridized carbons (Fsp3) is 0.900. The van der Waals surface area contributed by atoms with Gasteiger partial charge in [-0.25, -0.2) is 0 Å². The van der Waals surface area contributed by atoms with E-state index in [0.29, 0.717) is 11.8 Å². The zero-order valence-electron chi connectivity index (χ0n) is 9.60. The molecule has 2 N–H and O–H groups in total. The van der Waals surface area contributed by atoms with E-state index in [1.54, 1.807) is 0 Å². The second-order valence-electron chi connectivity index (χ2n) is 5.14. The van der Waals surface area contributed by atoms with Crippen molar-refractivity contribution >= 4 is 16.0 Å². The minimum atomic E-state index is -5.70. The molecule has 2 rings (SSSR count). The molecule has 2 fully saturated rings. The smallest absolute Gasteiger partial charge is 0.350 e. The van der Waals surface area contributed by atoms with Crippen LogP contribution in [0.25, 0.3) is 0 Å². The van der Waals surface area contributed by atoms with Gasteiger partial charge in [0.25, 0.3) is 0 Å². The fourth-order valence-corrected chi connectivity index (χ4v) is 3.38. The predicted molar refractivity (Wildman–Crippen MR) is 58.4 cm³/mol. The Hall–Kier alpha value is -0.760. The standard InChI is InChI=1S/C10H15F2NO4S/c11-10(12,18(15,16)17)9(14)13-5-8-4-6-1-2-7(8)3-6/h6-8H,1-5H2,(H,13,14)(H,15,16,17). The topological polar surface area (TPSA) is 83.5 Å². The van der Waals surface area contributed by atoms with Crippen LogP contribution in [0.1, 0.15) is 25.7 Å². The minimum absolute atomic E-state index is 0.0467. The summed E-state index contributed by atoms with van der Waals surface area (Å²) >= 11 is 0. The molecule has 2 aliphatic carbocycles. The van der Waals surface area contributed by atoms with Crippen molar-refractivity contribution < 1.29 is 26.5 Å². The van der Waals surface area contributed by atoms with Gasteiger partial charge in [0.1, 0.15) is 0 Å². The molecule has 0 radical (unpaired) electrons. The van der Waals surface area contributed by atoms with E-state index in [1.807, 2.05) is 5.32 Å². The van der Waals surface area contributed by atoms with Gasteiger partial charge in [0.2, 0.25) is 0 Å². The number of carbonyl (C=O) groups excluding carboxylic acids is 1. The normalized spacial score (nSPS) is 31.6. The highest BCUT2D eigenvalue weighted by molar-refractivity contribution is 7.87. The van der Waals surface area contributed by atoms with Crippen LogP contribution in [0, 0.1) is 17.8 Å². The SMILES string of the molecule is O=C(NCC1CC2CCC1C2)C(F)(F)S(=O)(=O)O. The minimum Gasteiger partial charge on any atom is -0.350 e. The first-order chi connectivity index (χ1) is 8.22. The summed E-state index contributed by atoms with van der Waals surface area (Å²) in [4.78, 5) is 11.1. The Morgan fingerprint density at radius 1 is 1.33 bits per heavy atom. The molecule has 0 heterocycles. The summed E-state index contributed by atoms with van der Waals surface area (Å²) in [5.74, 6) is -0.758. The maximum absolute atomic E-state index is 12.9. The van der Waals surface area contributed by atoms with Crippen LogP contribution >= 0.6 is 0 Å². The van der Waals surface area contributed by atoms with Gasteiger partial charge >= 0.3 is 21.3 Å². The van der Waals surface area contributed by atoms with Gasteiger partial charge in [0.05, 0.1) is 0 Å². The summed E-state index contributed by atoms with van der Waals surface area (Å²) in [6.07, 6.45) is 4.15. The highest BCUT2D eigenvalue weighted by Crippen LogP contribution is 2.47. The number of rotatable bonds is 4. The van der Waals surface area contributed by atoms with Crippen LogP contribution in [-0.4, -0.2) is 30.7 Å². The Morgan fingerprint density at radius 3 is 2.44 bits per heavy atom. The zero-order chi connectivity index (χ0) is 13.6. The summed E-state index contributed by atoms with van der Waals surface area (Å²) in [5.41, 5.74) is 0. The van der Waals surface area contributed by atoms with Crippen molar-refractivity contribution in [3.05, 3.63) is 0 Å². The van der Waals surface area contributed by atoms with Crippen LogP contribution in [-0.2, 0) is 14.9 Å². The van der Waals surface area contributed by atoms with Gasteiger partial charge in [0.15, 0.2) is 0 Å². The van der Waals surface area contributed by atoms with Crippen LogP contribution in [0.15, 0.2) is 0 Å². The molecule has 8 heteroatoms. The number of hydrogen-bond donors (Lipinski definition) is 2. The Bertz CT molecular complexity index is 451. The Balaban J connectivity index is 1.89. The van der Waals surface area contributed by atoms with Crippen molar-refractivity contribution in [3.63, 3.8) is 0 Å². The molecule has 0 saturated heterocycles. The maximum atomic E-state index is 12.9. The largest absolute Gasteiger partial charge is 0.446 e. The predicted octanol–water partition coefficient (Wildman–Crippen LogP) is 1.02. The van der Waals surface area contributed by atoms with Gasteiger partial charge in [-0.15, -0.1) is 0 Å². The summed E-state index contributed by atoms with van der Waals surface area (Å²) in [6.45, 7) is 0.0467. The van der Waals surface area contributed by atoms with E-state index in [1.165, 1.54) is 0 Å². The van der Waals surface area contributed by atoms with Crippen LogP contribution in [0.3, 0.4) is 0 Å². The summed E-state index contributed by atoms with van der Waals surface area (Å²) < 4.78 is 54.9. The molecule has 1 amide bonds. The van der Waals surface area contributed by atoms with Crippen molar-refractivity contribution in [1.82, 2.24) is 5.32 Å². The molecule has 3 atom stereocenters. The molecule has 2 aliphatic rings. The van der Waals surface area contributed by atoms with Crippen LogP contribution in [0.2, 0.25) is 0 Å². The molecular formula is C10H15F2NO4S. The third-order valence-electron chi connectivity index (χ3n) is 4.00. The van der Waals surface area contributed by atoms with Gasteiger partial charge in [-0.05, 0) is 37.0 Å². The van der Waals surface area contributed by atoms with Crippen molar-refractivity contribution in [3.8, 4) is 0 Å². The highest BCUT2D eigenvalue weighted by Gasteiger charge is 2.52. The Morgan fingerprint density at radius 2 is 2.00 bits per heavy atom. The maximum Gasteiger partial charge on any atom is 0.446 e. The molecule has 104 valence electrons. The lowest BCUT2D eigenvalue weighted by atomic mass is 9.89. The lowest BCUT2D eigenvalue weighted by Crippen LogP contribution is -2.47. The van der Waals surface area contributed by atoms with E-state index in [2.05, 4.69) is 0 Å².